The Bertz CT molecular complexity index is 1610. The molecule has 0 unspecified atom stereocenters. The summed E-state index contributed by atoms with van der Waals surface area (Å²) in [6.45, 7) is 3.75. The predicted molar refractivity (Wildman–Crippen MR) is 160 cm³/mol. The molecule has 0 aliphatic carbocycles. The Morgan fingerprint density at radius 2 is 1.62 bits per heavy atom. The minimum Gasteiger partial charge on any atom is -0.361 e. The molecule has 1 N–H and O–H groups in total. The number of aromatic nitrogens is 1. The molecule has 6 nitrogen and oxygen atoms in total. The molecule has 0 aliphatic heterocycles. The standard InChI is InChI=1S/C32H34F3N3O3S/c1-24(2)21-38(42(40,41)19-17-25-8-4-3-5-9-25)23-31(39)37(22-26-12-14-28(15-13-26)32(33,34)35)18-16-27-20-36-30-11-7-6-10-29(27)30/h3-15,17,19-20,24,36H,16,18,21-23H2,1-2H3. The fourth-order valence-corrected chi connectivity index (χ4v) is 5.93. The molecular formula is C32H34F3N3O3S. The summed E-state index contributed by atoms with van der Waals surface area (Å²) < 4.78 is 67.2. The second-order valence-corrected chi connectivity index (χ2v) is 12.4. The van der Waals surface area contributed by atoms with Gasteiger partial charge in [-0.3, -0.25) is 4.79 Å². The fourth-order valence-electron chi connectivity index (χ4n) is 4.64. The molecule has 0 fully saturated rings. The van der Waals surface area contributed by atoms with Crippen molar-refractivity contribution < 1.29 is 26.4 Å². The predicted octanol–water partition coefficient (Wildman–Crippen LogP) is 6.72. The molecule has 0 bridgehead atoms. The lowest BCUT2D eigenvalue weighted by Crippen LogP contribution is -2.44. The highest BCUT2D eigenvalue weighted by Gasteiger charge is 2.30. The lowest BCUT2D eigenvalue weighted by atomic mass is 10.1. The van der Waals surface area contributed by atoms with Gasteiger partial charge in [0.2, 0.25) is 15.9 Å². The molecule has 0 saturated carbocycles. The summed E-state index contributed by atoms with van der Waals surface area (Å²) >= 11 is 0. The highest BCUT2D eigenvalue weighted by atomic mass is 32.2. The summed E-state index contributed by atoms with van der Waals surface area (Å²) in [5.41, 5.74) is 2.38. The molecule has 0 radical (unpaired) electrons. The number of amides is 1. The molecule has 10 heteroatoms. The number of para-hydroxylation sites is 1. The number of hydrogen-bond acceptors (Lipinski definition) is 3. The van der Waals surface area contributed by atoms with Gasteiger partial charge in [-0.25, -0.2) is 8.42 Å². The molecule has 0 atom stereocenters. The summed E-state index contributed by atoms with van der Waals surface area (Å²) in [4.78, 5) is 18.4. The van der Waals surface area contributed by atoms with Gasteiger partial charge >= 0.3 is 6.18 Å². The van der Waals surface area contributed by atoms with Gasteiger partial charge in [-0.2, -0.15) is 17.5 Å². The molecule has 1 heterocycles. The molecule has 0 spiro atoms. The molecule has 1 amide bonds. The largest absolute Gasteiger partial charge is 0.416 e. The summed E-state index contributed by atoms with van der Waals surface area (Å²) in [7, 11) is -3.95. The first-order chi connectivity index (χ1) is 19.9. The Morgan fingerprint density at radius 1 is 0.952 bits per heavy atom. The lowest BCUT2D eigenvalue weighted by molar-refractivity contribution is -0.137. The van der Waals surface area contributed by atoms with Crippen LogP contribution in [0.5, 0.6) is 0 Å². The maximum atomic E-state index is 13.7. The number of fused-ring (bicyclic) bond motifs is 1. The highest BCUT2D eigenvalue weighted by Crippen LogP contribution is 2.29. The molecule has 42 heavy (non-hydrogen) atoms. The van der Waals surface area contributed by atoms with Gasteiger partial charge in [-0.05, 0) is 53.3 Å². The van der Waals surface area contributed by atoms with Crippen molar-refractivity contribution in [2.75, 3.05) is 19.6 Å². The van der Waals surface area contributed by atoms with Gasteiger partial charge in [0.25, 0.3) is 0 Å². The molecule has 3 aromatic carbocycles. The molecule has 0 saturated heterocycles. The van der Waals surface area contributed by atoms with Crippen molar-refractivity contribution in [2.24, 2.45) is 5.92 Å². The number of H-pyrrole nitrogens is 1. The summed E-state index contributed by atoms with van der Waals surface area (Å²) in [5, 5.41) is 2.11. The molecule has 1 aromatic heterocycles. The van der Waals surface area contributed by atoms with E-state index in [9.17, 15) is 26.4 Å². The minimum absolute atomic E-state index is 0.0365. The Labute approximate surface area is 244 Å². The van der Waals surface area contributed by atoms with E-state index in [1.807, 2.05) is 50.4 Å². The zero-order valence-corrected chi connectivity index (χ0v) is 24.3. The summed E-state index contributed by atoms with van der Waals surface area (Å²) in [5.74, 6) is -0.487. The Balaban J connectivity index is 1.58. The molecule has 4 aromatic rings. The van der Waals surface area contributed by atoms with Gasteiger partial charge in [0, 0.05) is 42.1 Å². The first-order valence-corrected chi connectivity index (χ1v) is 15.1. The number of carbonyl (C=O) groups excluding carboxylic acids is 1. The first-order valence-electron chi connectivity index (χ1n) is 13.6. The van der Waals surface area contributed by atoms with Crippen molar-refractivity contribution >= 4 is 32.9 Å². The van der Waals surface area contributed by atoms with Crippen LogP contribution < -0.4 is 0 Å². The zero-order chi connectivity index (χ0) is 30.3. The van der Waals surface area contributed by atoms with E-state index in [2.05, 4.69) is 4.98 Å². The minimum atomic E-state index is -4.47. The Kier molecular flexibility index (Phi) is 9.90. The van der Waals surface area contributed by atoms with E-state index in [1.165, 1.54) is 23.1 Å². The third kappa shape index (κ3) is 8.33. The van der Waals surface area contributed by atoms with Crippen molar-refractivity contribution in [2.45, 2.75) is 33.0 Å². The maximum absolute atomic E-state index is 13.7. The van der Waals surface area contributed by atoms with Crippen molar-refractivity contribution in [3.05, 3.63) is 113 Å². The number of halogens is 3. The van der Waals surface area contributed by atoms with Gasteiger partial charge < -0.3 is 9.88 Å². The summed E-state index contributed by atoms with van der Waals surface area (Å²) in [6.07, 6.45) is -0.636. The van der Waals surface area contributed by atoms with Crippen molar-refractivity contribution in [1.29, 1.82) is 0 Å². The number of nitrogens with zero attached hydrogens (tertiary/aromatic N) is 2. The maximum Gasteiger partial charge on any atom is 0.416 e. The van der Waals surface area contributed by atoms with Crippen molar-refractivity contribution in [3.63, 3.8) is 0 Å². The van der Waals surface area contributed by atoms with Crippen LogP contribution >= 0.6 is 0 Å². The second kappa shape index (κ2) is 13.4. The number of carbonyl (C=O) groups is 1. The molecule has 4 rings (SSSR count). The zero-order valence-electron chi connectivity index (χ0n) is 23.5. The highest BCUT2D eigenvalue weighted by molar-refractivity contribution is 7.92. The fraction of sp³-hybridized carbons (Fsp3) is 0.281. The van der Waals surface area contributed by atoms with Crippen LogP contribution in [0, 0.1) is 5.92 Å². The molecule has 222 valence electrons. The third-order valence-electron chi connectivity index (χ3n) is 6.81. The molecular weight excluding hydrogens is 563 g/mol. The lowest BCUT2D eigenvalue weighted by Gasteiger charge is -2.28. The normalized spacial score (nSPS) is 12.5. The van der Waals surface area contributed by atoms with Crippen LogP contribution in [0.4, 0.5) is 13.2 Å². The van der Waals surface area contributed by atoms with Crippen LogP contribution in [0.3, 0.4) is 0 Å². The van der Waals surface area contributed by atoms with Gasteiger partial charge in [0.15, 0.2) is 0 Å². The number of sulfonamides is 1. The quantitative estimate of drug-likeness (QED) is 0.197. The number of nitrogens with one attached hydrogen (secondary N) is 1. The Morgan fingerprint density at radius 3 is 2.29 bits per heavy atom. The van der Waals surface area contributed by atoms with Gasteiger partial charge in [-0.1, -0.05) is 74.5 Å². The first kappa shape index (κ1) is 31.1. The van der Waals surface area contributed by atoms with Crippen LogP contribution in [-0.2, 0) is 34.0 Å². The van der Waals surface area contributed by atoms with E-state index in [1.54, 1.807) is 24.3 Å². The smallest absolute Gasteiger partial charge is 0.361 e. The van der Waals surface area contributed by atoms with Crippen LogP contribution in [-0.4, -0.2) is 48.1 Å². The number of alkyl halides is 3. The van der Waals surface area contributed by atoms with Crippen molar-refractivity contribution in [3.8, 4) is 0 Å². The topological polar surface area (TPSA) is 73.5 Å². The van der Waals surface area contributed by atoms with E-state index >= 15 is 0 Å². The molecule has 0 aliphatic rings. The van der Waals surface area contributed by atoms with Gasteiger partial charge in [0.05, 0.1) is 12.1 Å². The monoisotopic (exact) mass is 597 g/mol. The average Bonchev–Trinajstić information content (AvgIpc) is 3.37. The van der Waals surface area contributed by atoms with E-state index in [0.29, 0.717) is 17.5 Å². The van der Waals surface area contributed by atoms with Crippen molar-refractivity contribution in [1.82, 2.24) is 14.2 Å². The number of benzene rings is 3. The number of hydrogen-bond donors (Lipinski definition) is 1. The van der Waals surface area contributed by atoms with Crippen LogP contribution in [0.2, 0.25) is 0 Å². The van der Waals surface area contributed by atoms with Crippen LogP contribution in [0.1, 0.15) is 36.1 Å². The summed E-state index contributed by atoms with van der Waals surface area (Å²) in [6, 6.07) is 21.4. The van der Waals surface area contributed by atoms with E-state index < -0.39 is 34.2 Å². The third-order valence-corrected chi connectivity index (χ3v) is 8.28. The Hall–Kier alpha value is -3.89. The second-order valence-electron chi connectivity index (χ2n) is 10.6. The average molecular weight is 598 g/mol. The SMILES string of the molecule is CC(C)CN(CC(=O)N(CCc1c[nH]c2ccccc12)Cc1ccc(C(F)(F)F)cc1)S(=O)(=O)C=Cc1ccccc1. The van der Waals surface area contributed by atoms with E-state index in [-0.39, 0.29) is 25.6 Å². The van der Waals surface area contributed by atoms with E-state index in [0.717, 1.165) is 38.3 Å². The number of rotatable bonds is 12. The van der Waals surface area contributed by atoms with Gasteiger partial charge in [0.1, 0.15) is 0 Å². The van der Waals surface area contributed by atoms with Crippen LogP contribution in [0.25, 0.3) is 17.0 Å². The van der Waals surface area contributed by atoms with Gasteiger partial charge in [-0.15, -0.1) is 0 Å². The van der Waals surface area contributed by atoms with Crippen LogP contribution in [0.15, 0.2) is 90.5 Å². The van der Waals surface area contributed by atoms with E-state index in [4.69, 9.17) is 0 Å². The number of aromatic amines is 1.